The van der Waals surface area contributed by atoms with Crippen molar-refractivity contribution in [3.8, 4) is 11.1 Å². The number of hydrogen-bond acceptors (Lipinski definition) is 6. The standard InChI is InChI=1S/C32H24BrNO6/c33-23-13-14-25-26(17-23)29(22-10-5-2-6-11-22)30(32(36)39-18-24-12-7-15-38-24)34(31(25)35)27(28-19-37-20-40-28)16-21-8-3-1-4-9-21/h1-15,17,19,27H,16,18,20H2. The summed E-state index contributed by atoms with van der Waals surface area (Å²) in [5.41, 5.74) is 2.08. The van der Waals surface area contributed by atoms with E-state index in [0.717, 1.165) is 15.6 Å². The summed E-state index contributed by atoms with van der Waals surface area (Å²) in [5.74, 6) is 0.274. The fourth-order valence-electron chi connectivity index (χ4n) is 4.97. The Morgan fingerprint density at radius 1 is 0.950 bits per heavy atom. The van der Waals surface area contributed by atoms with E-state index in [1.54, 1.807) is 18.2 Å². The van der Waals surface area contributed by atoms with Crippen LogP contribution in [-0.2, 0) is 27.2 Å². The molecule has 40 heavy (non-hydrogen) atoms. The lowest BCUT2D eigenvalue weighted by Gasteiger charge is -2.26. The normalized spacial score (nSPS) is 13.4. The molecule has 0 spiro atoms. The number of nitrogens with zero attached hydrogens (tertiary/aromatic N) is 1. The van der Waals surface area contributed by atoms with E-state index in [0.29, 0.717) is 34.3 Å². The molecule has 3 heterocycles. The van der Waals surface area contributed by atoms with Crippen LogP contribution in [0.25, 0.3) is 21.9 Å². The van der Waals surface area contributed by atoms with Crippen molar-refractivity contribution in [1.82, 2.24) is 4.57 Å². The van der Waals surface area contributed by atoms with Crippen molar-refractivity contribution in [1.29, 1.82) is 0 Å². The molecule has 8 heteroatoms. The topological polar surface area (TPSA) is 79.9 Å². The summed E-state index contributed by atoms with van der Waals surface area (Å²) in [7, 11) is 0. The Balaban J connectivity index is 1.64. The monoisotopic (exact) mass is 597 g/mol. The molecule has 1 atom stereocenters. The molecule has 7 nitrogen and oxygen atoms in total. The van der Waals surface area contributed by atoms with Gasteiger partial charge in [0.05, 0.1) is 6.26 Å². The quantitative estimate of drug-likeness (QED) is 0.179. The predicted molar refractivity (Wildman–Crippen MR) is 153 cm³/mol. The van der Waals surface area contributed by atoms with Crippen molar-refractivity contribution in [2.75, 3.05) is 6.79 Å². The molecular formula is C32H24BrNO6. The van der Waals surface area contributed by atoms with Crippen LogP contribution in [0.2, 0.25) is 0 Å². The van der Waals surface area contributed by atoms with Crippen LogP contribution in [0.1, 0.15) is 27.9 Å². The first-order valence-electron chi connectivity index (χ1n) is 12.7. The number of halogens is 1. The number of benzene rings is 3. The minimum Gasteiger partial charge on any atom is -0.466 e. The third-order valence-electron chi connectivity index (χ3n) is 6.76. The highest BCUT2D eigenvalue weighted by Crippen LogP contribution is 2.36. The maximum absolute atomic E-state index is 14.4. The van der Waals surface area contributed by atoms with Gasteiger partial charge in [-0.15, -0.1) is 0 Å². The number of carbonyl (C=O) groups excluding carboxylic acids is 1. The second kappa shape index (κ2) is 11.3. The van der Waals surface area contributed by atoms with E-state index < -0.39 is 12.0 Å². The molecule has 2 aromatic heterocycles. The Morgan fingerprint density at radius 3 is 2.42 bits per heavy atom. The smallest absolute Gasteiger partial charge is 0.356 e. The van der Waals surface area contributed by atoms with Crippen molar-refractivity contribution >= 4 is 32.7 Å². The van der Waals surface area contributed by atoms with Crippen molar-refractivity contribution in [3.05, 3.63) is 141 Å². The lowest BCUT2D eigenvalue weighted by Crippen LogP contribution is -2.34. The zero-order chi connectivity index (χ0) is 27.5. The van der Waals surface area contributed by atoms with Crippen LogP contribution in [0.15, 0.2) is 123 Å². The van der Waals surface area contributed by atoms with E-state index in [1.165, 1.54) is 17.1 Å². The van der Waals surface area contributed by atoms with E-state index in [1.807, 2.05) is 72.8 Å². The molecule has 3 aromatic carbocycles. The van der Waals surface area contributed by atoms with Crippen LogP contribution in [0.5, 0.6) is 0 Å². The van der Waals surface area contributed by atoms with Gasteiger partial charge in [-0.05, 0) is 46.8 Å². The second-order valence-electron chi connectivity index (χ2n) is 9.26. The first kappa shape index (κ1) is 25.7. The minimum atomic E-state index is -0.681. The van der Waals surface area contributed by atoms with Gasteiger partial charge in [0.2, 0.25) is 6.79 Å². The molecule has 0 aliphatic carbocycles. The van der Waals surface area contributed by atoms with Gasteiger partial charge in [-0.3, -0.25) is 9.36 Å². The lowest BCUT2D eigenvalue weighted by molar-refractivity contribution is 0.0425. The largest absolute Gasteiger partial charge is 0.466 e. The number of aromatic nitrogens is 1. The average molecular weight is 598 g/mol. The van der Waals surface area contributed by atoms with Gasteiger partial charge >= 0.3 is 5.97 Å². The third-order valence-corrected chi connectivity index (χ3v) is 7.26. The van der Waals surface area contributed by atoms with E-state index in [9.17, 15) is 9.59 Å². The Kier molecular flexibility index (Phi) is 7.25. The van der Waals surface area contributed by atoms with Crippen molar-refractivity contribution in [2.45, 2.75) is 19.1 Å². The number of fused-ring (bicyclic) bond motifs is 1. The number of rotatable bonds is 8. The van der Waals surface area contributed by atoms with Gasteiger partial charge in [0.1, 0.15) is 30.4 Å². The predicted octanol–water partition coefficient (Wildman–Crippen LogP) is 7.01. The summed E-state index contributed by atoms with van der Waals surface area (Å²) in [6.45, 7) is -0.0594. The van der Waals surface area contributed by atoms with E-state index in [2.05, 4.69) is 15.9 Å². The molecule has 0 N–H and O–H groups in total. The molecule has 1 unspecified atom stereocenters. The van der Waals surface area contributed by atoms with Crippen LogP contribution in [-0.4, -0.2) is 17.3 Å². The molecule has 200 valence electrons. The van der Waals surface area contributed by atoms with E-state index >= 15 is 0 Å². The number of furan rings is 1. The Bertz CT molecular complexity index is 1740. The summed E-state index contributed by atoms with van der Waals surface area (Å²) in [6.07, 6.45) is 3.40. The third kappa shape index (κ3) is 5.05. The zero-order valence-electron chi connectivity index (χ0n) is 21.3. The maximum Gasteiger partial charge on any atom is 0.356 e. The van der Waals surface area contributed by atoms with E-state index in [4.69, 9.17) is 18.6 Å². The highest BCUT2D eigenvalue weighted by atomic mass is 79.9. The number of allylic oxidation sites excluding steroid dienone is 1. The number of hydrogen-bond donors (Lipinski definition) is 0. The SMILES string of the molecule is O=C(OCc1ccco1)c1c(-c2ccccc2)c2cc(Br)ccc2c(=O)n1C(Cc1ccccc1)C1=COCO1. The highest BCUT2D eigenvalue weighted by molar-refractivity contribution is 9.10. The molecule has 0 radical (unpaired) electrons. The maximum atomic E-state index is 14.4. The summed E-state index contributed by atoms with van der Waals surface area (Å²) in [4.78, 5) is 28.4. The lowest BCUT2D eigenvalue weighted by atomic mass is 9.95. The molecule has 6 rings (SSSR count). The van der Waals surface area contributed by atoms with Gasteiger partial charge in [0.15, 0.2) is 5.76 Å². The van der Waals surface area contributed by atoms with Crippen molar-refractivity contribution in [3.63, 3.8) is 0 Å². The first-order valence-corrected chi connectivity index (χ1v) is 13.5. The fourth-order valence-corrected chi connectivity index (χ4v) is 5.33. The first-order chi connectivity index (χ1) is 19.6. The van der Waals surface area contributed by atoms with Crippen LogP contribution < -0.4 is 5.56 Å². The molecule has 0 fully saturated rings. The molecule has 0 amide bonds. The molecule has 0 saturated heterocycles. The number of ether oxygens (including phenoxy) is 3. The van der Waals surface area contributed by atoms with Crippen LogP contribution in [0.3, 0.4) is 0 Å². The van der Waals surface area contributed by atoms with Crippen LogP contribution in [0.4, 0.5) is 0 Å². The highest BCUT2D eigenvalue weighted by Gasteiger charge is 2.32. The number of carbonyl (C=O) groups is 1. The Labute approximate surface area is 238 Å². The Hall–Kier alpha value is -4.56. The molecule has 0 bridgehead atoms. The van der Waals surface area contributed by atoms with Gasteiger partial charge < -0.3 is 18.6 Å². The fraction of sp³-hybridized carbons (Fsp3) is 0.125. The molecule has 1 aliphatic heterocycles. The molecule has 1 aliphatic rings. The number of esters is 1. The van der Waals surface area contributed by atoms with Gasteiger partial charge in [-0.25, -0.2) is 4.79 Å². The molecule has 5 aromatic rings. The molecular weight excluding hydrogens is 574 g/mol. The van der Waals surface area contributed by atoms with Crippen LogP contribution in [0, 0.1) is 0 Å². The number of pyridine rings is 1. The van der Waals surface area contributed by atoms with Crippen molar-refractivity contribution in [2.24, 2.45) is 0 Å². The summed E-state index contributed by atoms with van der Waals surface area (Å²) < 4.78 is 24.7. The van der Waals surface area contributed by atoms with Gasteiger partial charge in [-0.2, -0.15) is 0 Å². The van der Waals surface area contributed by atoms with E-state index in [-0.39, 0.29) is 24.7 Å². The second-order valence-corrected chi connectivity index (χ2v) is 10.2. The zero-order valence-corrected chi connectivity index (χ0v) is 22.9. The van der Waals surface area contributed by atoms with Gasteiger partial charge in [0, 0.05) is 21.8 Å². The average Bonchev–Trinajstić information content (AvgIpc) is 3.71. The summed E-state index contributed by atoms with van der Waals surface area (Å²) in [5, 5.41) is 1.09. The summed E-state index contributed by atoms with van der Waals surface area (Å²) in [6, 6.07) is 27.5. The van der Waals surface area contributed by atoms with Gasteiger partial charge in [0.25, 0.3) is 5.56 Å². The summed E-state index contributed by atoms with van der Waals surface area (Å²) >= 11 is 3.54. The van der Waals surface area contributed by atoms with Crippen LogP contribution >= 0.6 is 15.9 Å². The molecule has 0 saturated carbocycles. The van der Waals surface area contributed by atoms with Crippen molar-refractivity contribution < 1.29 is 23.4 Å². The minimum absolute atomic E-state index is 0.0275. The van der Waals surface area contributed by atoms with Gasteiger partial charge in [-0.1, -0.05) is 76.6 Å². The Morgan fingerprint density at radius 2 is 1.73 bits per heavy atom.